The van der Waals surface area contributed by atoms with E-state index in [1.54, 1.807) is 6.07 Å². The van der Waals surface area contributed by atoms with Gasteiger partial charge in [-0.15, -0.1) is 0 Å². The highest BCUT2D eigenvalue weighted by atomic mass is 35.5. The Bertz CT molecular complexity index is 887. The number of fused-ring (bicyclic) bond motifs is 3. The van der Waals surface area contributed by atoms with E-state index in [-0.39, 0.29) is 0 Å². The van der Waals surface area contributed by atoms with Crippen molar-refractivity contribution in [3.8, 4) is 0 Å². The minimum absolute atomic E-state index is 0.535. The van der Waals surface area contributed by atoms with Gasteiger partial charge in [-0.05, 0) is 24.3 Å². The molecule has 102 valence electrons. The smallest absolute Gasteiger partial charge is 0.129 e. The summed E-state index contributed by atoms with van der Waals surface area (Å²) >= 11 is 6.00. The van der Waals surface area contributed by atoms with Crippen molar-refractivity contribution < 1.29 is 0 Å². The summed E-state index contributed by atoms with van der Waals surface area (Å²) in [5.41, 5.74) is 3.41. The lowest BCUT2D eigenvalue weighted by atomic mass is 10.2. The predicted octanol–water partition coefficient (Wildman–Crippen LogP) is 4.89. The van der Waals surface area contributed by atoms with Gasteiger partial charge in [0.1, 0.15) is 5.15 Å². The third-order valence-corrected chi connectivity index (χ3v) is 3.98. The topological polar surface area (TPSA) is 17.8 Å². The highest BCUT2D eigenvalue weighted by molar-refractivity contribution is 6.29. The minimum atomic E-state index is 0.535. The summed E-state index contributed by atoms with van der Waals surface area (Å²) in [5.74, 6) is 0. The van der Waals surface area contributed by atoms with Crippen LogP contribution < -0.4 is 0 Å². The Labute approximate surface area is 127 Å². The van der Waals surface area contributed by atoms with Crippen LogP contribution in [0.2, 0.25) is 5.15 Å². The molecule has 0 aliphatic carbocycles. The molecule has 0 radical (unpaired) electrons. The molecular weight excluding hydrogens is 280 g/mol. The first-order valence-electron chi connectivity index (χ1n) is 6.90. The molecule has 0 atom stereocenters. The average molecular weight is 293 g/mol. The number of rotatable bonds is 2. The number of aromatic nitrogens is 2. The maximum Gasteiger partial charge on any atom is 0.129 e. The molecule has 0 N–H and O–H groups in total. The van der Waals surface area contributed by atoms with Crippen LogP contribution in [0, 0.1) is 0 Å². The van der Waals surface area contributed by atoms with Crippen LogP contribution in [-0.4, -0.2) is 9.55 Å². The monoisotopic (exact) mass is 292 g/mol. The summed E-state index contributed by atoms with van der Waals surface area (Å²) in [7, 11) is 0. The maximum absolute atomic E-state index is 6.00. The van der Waals surface area contributed by atoms with Crippen LogP contribution in [0.5, 0.6) is 0 Å². The molecule has 0 aliphatic rings. The molecule has 21 heavy (non-hydrogen) atoms. The van der Waals surface area contributed by atoms with Crippen LogP contribution in [0.3, 0.4) is 0 Å². The van der Waals surface area contributed by atoms with E-state index in [0.717, 1.165) is 5.69 Å². The van der Waals surface area contributed by atoms with Gasteiger partial charge in [0.25, 0.3) is 0 Å². The molecule has 2 aromatic carbocycles. The van der Waals surface area contributed by atoms with Crippen molar-refractivity contribution in [3.05, 3.63) is 77.6 Å². The van der Waals surface area contributed by atoms with Crippen molar-refractivity contribution in [3.63, 3.8) is 0 Å². The molecule has 0 saturated carbocycles. The van der Waals surface area contributed by atoms with Crippen molar-refractivity contribution >= 4 is 33.4 Å². The summed E-state index contributed by atoms with van der Waals surface area (Å²) < 4.78 is 2.29. The van der Waals surface area contributed by atoms with Gasteiger partial charge in [-0.1, -0.05) is 54.1 Å². The minimum Gasteiger partial charge on any atom is -0.334 e. The molecule has 0 aliphatic heterocycles. The summed E-state index contributed by atoms with van der Waals surface area (Å²) in [6.07, 6.45) is 0. The molecule has 4 rings (SSSR count). The molecule has 2 aromatic heterocycles. The Balaban J connectivity index is 1.97. The van der Waals surface area contributed by atoms with Gasteiger partial charge in [0.2, 0.25) is 0 Å². The van der Waals surface area contributed by atoms with Crippen LogP contribution >= 0.6 is 11.6 Å². The zero-order valence-electron chi connectivity index (χ0n) is 11.3. The molecule has 0 fully saturated rings. The molecule has 2 nitrogen and oxygen atoms in total. The Hall–Kier alpha value is -2.32. The lowest BCUT2D eigenvalue weighted by Gasteiger charge is -2.07. The second-order valence-electron chi connectivity index (χ2n) is 5.07. The van der Waals surface area contributed by atoms with Crippen molar-refractivity contribution in [1.82, 2.24) is 9.55 Å². The molecule has 3 heteroatoms. The Kier molecular flexibility index (Phi) is 2.90. The first-order chi connectivity index (χ1) is 10.3. The fourth-order valence-corrected chi connectivity index (χ4v) is 3.06. The van der Waals surface area contributed by atoms with Crippen LogP contribution in [-0.2, 0) is 6.54 Å². The van der Waals surface area contributed by atoms with Crippen molar-refractivity contribution in [2.24, 2.45) is 0 Å². The fourth-order valence-electron chi connectivity index (χ4n) is 2.87. The number of para-hydroxylation sites is 2. The summed E-state index contributed by atoms with van der Waals surface area (Å²) in [4.78, 5) is 4.41. The molecule has 0 unspecified atom stereocenters. The highest BCUT2D eigenvalue weighted by Crippen LogP contribution is 2.29. The van der Waals surface area contributed by atoms with E-state index >= 15 is 0 Å². The quantitative estimate of drug-likeness (QED) is 0.481. The van der Waals surface area contributed by atoms with Gasteiger partial charge in [0, 0.05) is 21.8 Å². The predicted molar refractivity (Wildman–Crippen MR) is 87.8 cm³/mol. The summed E-state index contributed by atoms with van der Waals surface area (Å²) in [6.45, 7) is 0.717. The summed E-state index contributed by atoms with van der Waals surface area (Å²) in [6, 6.07) is 22.7. The third-order valence-electron chi connectivity index (χ3n) is 3.77. The molecule has 0 spiro atoms. The van der Waals surface area contributed by atoms with E-state index in [2.05, 4.69) is 58.1 Å². The molecule has 0 bridgehead atoms. The highest BCUT2D eigenvalue weighted by Gasteiger charge is 2.10. The van der Waals surface area contributed by atoms with Gasteiger partial charge in [0.15, 0.2) is 0 Å². The van der Waals surface area contributed by atoms with Crippen molar-refractivity contribution in [2.75, 3.05) is 0 Å². The van der Waals surface area contributed by atoms with Crippen molar-refractivity contribution in [1.29, 1.82) is 0 Å². The Morgan fingerprint density at radius 3 is 2.00 bits per heavy atom. The lowest BCUT2D eigenvalue weighted by Crippen LogP contribution is -2.01. The van der Waals surface area contributed by atoms with Gasteiger partial charge in [-0.3, -0.25) is 0 Å². The number of benzene rings is 2. The Morgan fingerprint density at radius 2 is 1.38 bits per heavy atom. The zero-order chi connectivity index (χ0) is 14.2. The zero-order valence-corrected chi connectivity index (χ0v) is 12.1. The second kappa shape index (κ2) is 4.90. The summed E-state index contributed by atoms with van der Waals surface area (Å²) in [5, 5.41) is 3.08. The van der Waals surface area contributed by atoms with Crippen LogP contribution in [0.25, 0.3) is 21.8 Å². The first-order valence-corrected chi connectivity index (χ1v) is 7.28. The molecule has 4 aromatic rings. The average Bonchev–Trinajstić information content (AvgIpc) is 2.83. The first kappa shape index (κ1) is 12.4. The van der Waals surface area contributed by atoms with Crippen molar-refractivity contribution in [2.45, 2.75) is 6.54 Å². The fraction of sp³-hybridized carbons (Fsp3) is 0.0556. The standard InChI is InChI=1S/C18H13ClN2/c19-18-11-5-6-13(20-18)12-21-16-9-3-1-7-14(16)15-8-2-4-10-17(15)21/h1-11H,12H2. The van der Waals surface area contributed by atoms with Gasteiger partial charge in [-0.2, -0.15) is 0 Å². The third kappa shape index (κ3) is 2.08. The number of halogens is 1. The number of hydrogen-bond acceptors (Lipinski definition) is 1. The number of hydrogen-bond donors (Lipinski definition) is 0. The molecule has 2 heterocycles. The van der Waals surface area contributed by atoms with E-state index in [4.69, 9.17) is 11.6 Å². The number of pyridine rings is 1. The molecule has 0 amide bonds. The Morgan fingerprint density at radius 1 is 0.762 bits per heavy atom. The van der Waals surface area contributed by atoms with E-state index in [9.17, 15) is 0 Å². The largest absolute Gasteiger partial charge is 0.334 e. The van der Waals surface area contributed by atoms with E-state index < -0.39 is 0 Å². The normalized spacial score (nSPS) is 11.3. The second-order valence-corrected chi connectivity index (χ2v) is 5.46. The molecular formula is C18H13ClN2. The van der Waals surface area contributed by atoms with Crippen LogP contribution in [0.15, 0.2) is 66.7 Å². The van der Waals surface area contributed by atoms with Gasteiger partial charge in [0.05, 0.1) is 12.2 Å². The van der Waals surface area contributed by atoms with Gasteiger partial charge >= 0.3 is 0 Å². The van der Waals surface area contributed by atoms with Crippen LogP contribution in [0.1, 0.15) is 5.69 Å². The lowest BCUT2D eigenvalue weighted by molar-refractivity contribution is 0.835. The van der Waals surface area contributed by atoms with E-state index in [0.29, 0.717) is 11.7 Å². The van der Waals surface area contributed by atoms with E-state index in [1.165, 1.54) is 21.8 Å². The molecule has 0 saturated heterocycles. The van der Waals surface area contributed by atoms with Gasteiger partial charge < -0.3 is 4.57 Å². The van der Waals surface area contributed by atoms with Crippen LogP contribution in [0.4, 0.5) is 0 Å². The maximum atomic E-state index is 6.00. The SMILES string of the molecule is Clc1cccc(Cn2c3ccccc3c3ccccc32)n1. The van der Waals surface area contributed by atoms with Gasteiger partial charge in [-0.25, -0.2) is 4.98 Å². The number of nitrogens with zero attached hydrogens (tertiary/aromatic N) is 2. The van der Waals surface area contributed by atoms with E-state index in [1.807, 2.05) is 12.1 Å².